The number of aromatic nitrogens is 4. The molecule has 2 saturated carbocycles. The summed E-state index contributed by atoms with van der Waals surface area (Å²) in [6, 6.07) is 0. The van der Waals surface area contributed by atoms with Crippen LogP contribution in [0.2, 0.25) is 0 Å². The molecule has 162 valence electrons. The van der Waals surface area contributed by atoms with E-state index < -0.39 is 0 Å². The van der Waals surface area contributed by atoms with Gasteiger partial charge >= 0.3 is 0 Å². The van der Waals surface area contributed by atoms with Gasteiger partial charge in [-0.2, -0.15) is 0 Å². The van der Waals surface area contributed by atoms with Gasteiger partial charge in [0.25, 0.3) is 0 Å². The number of fused-ring (bicyclic) bond motifs is 1. The zero-order chi connectivity index (χ0) is 21.1. The highest BCUT2D eigenvalue weighted by Gasteiger charge is 2.54. The number of aryl methyl sites for hydroxylation is 1. The predicted molar refractivity (Wildman–Crippen MR) is 122 cm³/mol. The van der Waals surface area contributed by atoms with Crippen LogP contribution < -0.4 is 5.32 Å². The fraction of sp³-hybridized carbons (Fsp3) is 0.720. The molecule has 5 rings (SSSR count). The average Bonchev–Trinajstić information content (AvgIpc) is 3.08. The second-order valence-electron chi connectivity index (χ2n) is 11.2. The zero-order valence-corrected chi connectivity index (χ0v) is 19.2. The summed E-state index contributed by atoms with van der Waals surface area (Å²) in [5.41, 5.74) is 4.09. The summed E-state index contributed by atoms with van der Waals surface area (Å²) in [6.07, 6.45) is 13.6. The Hall–Kier alpha value is -1.91. The molecule has 2 fully saturated rings. The van der Waals surface area contributed by atoms with E-state index in [2.05, 4.69) is 59.1 Å². The molecule has 1 N–H and O–H groups in total. The Balaban J connectivity index is 1.40. The fourth-order valence-corrected chi connectivity index (χ4v) is 7.01. The standard InChI is InChI=1S/C25H37N5/c1-17-7-6-8-19-24(17,4)10-9-18(2)25(19,5)12-11-23(3)13-14-30-16-28-21-20(30)22(29-23)27-15-26-21/h15-16,18-19H,1,6-14H2,2-5H3,(H,26,27,29)/t18-,19+,23+,24-,25+/m1/s1. The van der Waals surface area contributed by atoms with Crippen LogP contribution in [0.25, 0.3) is 11.2 Å². The summed E-state index contributed by atoms with van der Waals surface area (Å²) >= 11 is 0. The first-order chi connectivity index (χ1) is 14.3. The van der Waals surface area contributed by atoms with Gasteiger partial charge in [-0.25, -0.2) is 15.0 Å². The normalized spacial score (nSPS) is 38.7. The van der Waals surface area contributed by atoms with Crippen LogP contribution in [-0.2, 0) is 6.54 Å². The van der Waals surface area contributed by atoms with E-state index in [1.165, 1.54) is 44.1 Å². The molecule has 3 heterocycles. The van der Waals surface area contributed by atoms with Crippen molar-refractivity contribution in [3.8, 4) is 0 Å². The summed E-state index contributed by atoms with van der Waals surface area (Å²) in [6.45, 7) is 15.5. The Morgan fingerprint density at radius 3 is 2.80 bits per heavy atom. The van der Waals surface area contributed by atoms with Crippen molar-refractivity contribution in [1.29, 1.82) is 0 Å². The molecule has 5 nitrogen and oxygen atoms in total. The van der Waals surface area contributed by atoms with Crippen LogP contribution in [0.3, 0.4) is 0 Å². The van der Waals surface area contributed by atoms with E-state index in [0.29, 0.717) is 10.8 Å². The van der Waals surface area contributed by atoms with Gasteiger partial charge in [0, 0.05) is 12.1 Å². The Bertz CT molecular complexity index is 979. The molecule has 0 unspecified atom stereocenters. The van der Waals surface area contributed by atoms with E-state index in [4.69, 9.17) is 0 Å². The van der Waals surface area contributed by atoms with Gasteiger partial charge in [0.15, 0.2) is 11.5 Å². The van der Waals surface area contributed by atoms with Crippen molar-refractivity contribution in [1.82, 2.24) is 19.5 Å². The molecule has 1 aliphatic heterocycles. The minimum Gasteiger partial charge on any atom is -0.363 e. The van der Waals surface area contributed by atoms with Gasteiger partial charge < -0.3 is 9.88 Å². The van der Waals surface area contributed by atoms with Crippen molar-refractivity contribution in [2.45, 2.75) is 91.1 Å². The van der Waals surface area contributed by atoms with Crippen LogP contribution in [0.4, 0.5) is 5.82 Å². The second-order valence-corrected chi connectivity index (χ2v) is 11.2. The molecule has 2 aromatic heterocycles. The Kier molecular flexibility index (Phi) is 4.53. The van der Waals surface area contributed by atoms with Crippen LogP contribution in [0.1, 0.15) is 79.1 Å². The van der Waals surface area contributed by atoms with E-state index >= 15 is 0 Å². The molecular formula is C25H37N5. The lowest BCUT2D eigenvalue weighted by Gasteiger charge is -2.59. The minimum absolute atomic E-state index is 0.0303. The number of allylic oxidation sites excluding steroid dienone is 1. The van der Waals surface area contributed by atoms with Crippen LogP contribution in [0, 0.1) is 22.7 Å². The van der Waals surface area contributed by atoms with Gasteiger partial charge in [-0.05, 0) is 81.0 Å². The third kappa shape index (κ3) is 2.91. The summed E-state index contributed by atoms with van der Waals surface area (Å²) in [7, 11) is 0. The number of hydrogen-bond acceptors (Lipinski definition) is 4. The van der Waals surface area contributed by atoms with E-state index in [0.717, 1.165) is 48.2 Å². The molecule has 5 heteroatoms. The molecule has 0 aromatic carbocycles. The Morgan fingerprint density at radius 1 is 1.13 bits per heavy atom. The van der Waals surface area contributed by atoms with Crippen molar-refractivity contribution in [3.63, 3.8) is 0 Å². The SMILES string of the molecule is C=C1CCC[C@@H]2[C@@](C)(CC[C@@]3(C)CCn4cnc5ncnc(c54)N3)[C@H](C)CC[C@]12C. The van der Waals surface area contributed by atoms with Crippen LogP contribution >= 0.6 is 0 Å². The summed E-state index contributed by atoms with van der Waals surface area (Å²) in [4.78, 5) is 13.4. The second kappa shape index (κ2) is 6.80. The van der Waals surface area contributed by atoms with E-state index in [1.807, 2.05) is 6.33 Å². The van der Waals surface area contributed by atoms with Crippen molar-refractivity contribution in [2.24, 2.45) is 22.7 Å². The van der Waals surface area contributed by atoms with Gasteiger partial charge in [-0.3, -0.25) is 0 Å². The first-order valence-electron chi connectivity index (χ1n) is 11.9. The number of nitrogens with one attached hydrogen (secondary N) is 1. The number of rotatable bonds is 3. The first kappa shape index (κ1) is 20.0. The topological polar surface area (TPSA) is 55.6 Å². The Morgan fingerprint density at radius 2 is 1.97 bits per heavy atom. The molecule has 0 amide bonds. The number of anilines is 1. The molecule has 0 radical (unpaired) electrons. The smallest absolute Gasteiger partial charge is 0.182 e. The highest BCUT2D eigenvalue weighted by atomic mass is 15.2. The van der Waals surface area contributed by atoms with Gasteiger partial charge in [0.05, 0.1) is 6.33 Å². The van der Waals surface area contributed by atoms with Gasteiger partial charge in [-0.1, -0.05) is 32.9 Å². The highest BCUT2D eigenvalue weighted by molar-refractivity contribution is 5.83. The van der Waals surface area contributed by atoms with Crippen molar-refractivity contribution >= 4 is 17.0 Å². The molecule has 2 aliphatic carbocycles. The summed E-state index contributed by atoms with van der Waals surface area (Å²) < 4.78 is 2.22. The van der Waals surface area contributed by atoms with Gasteiger partial charge in [0.2, 0.25) is 0 Å². The van der Waals surface area contributed by atoms with Gasteiger partial charge in [-0.15, -0.1) is 0 Å². The molecule has 3 aliphatic rings. The first-order valence-corrected chi connectivity index (χ1v) is 11.9. The zero-order valence-electron chi connectivity index (χ0n) is 19.2. The third-order valence-corrected chi connectivity index (χ3v) is 9.52. The lowest BCUT2D eigenvalue weighted by Crippen LogP contribution is -2.51. The van der Waals surface area contributed by atoms with Gasteiger partial charge in [0.1, 0.15) is 11.8 Å². The highest BCUT2D eigenvalue weighted by Crippen LogP contribution is 2.63. The maximum Gasteiger partial charge on any atom is 0.182 e. The number of hydrogen-bond donors (Lipinski definition) is 1. The molecule has 5 atom stereocenters. The quantitative estimate of drug-likeness (QED) is 0.636. The predicted octanol–water partition coefficient (Wildman–Crippen LogP) is 5.98. The molecule has 0 spiro atoms. The summed E-state index contributed by atoms with van der Waals surface area (Å²) in [5, 5.41) is 3.82. The van der Waals surface area contributed by atoms with Crippen molar-refractivity contribution in [3.05, 3.63) is 24.8 Å². The van der Waals surface area contributed by atoms with E-state index in [9.17, 15) is 0 Å². The van der Waals surface area contributed by atoms with Crippen LogP contribution in [-0.4, -0.2) is 25.1 Å². The molecular weight excluding hydrogens is 370 g/mol. The lowest BCUT2D eigenvalue weighted by atomic mass is 9.46. The summed E-state index contributed by atoms with van der Waals surface area (Å²) in [5.74, 6) is 2.46. The van der Waals surface area contributed by atoms with E-state index in [-0.39, 0.29) is 5.54 Å². The van der Waals surface area contributed by atoms with Crippen LogP contribution in [0.5, 0.6) is 0 Å². The monoisotopic (exact) mass is 407 g/mol. The molecule has 2 aromatic rings. The third-order valence-electron chi connectivity index (χ3n) is 9.52. The minimum atomic E-state index is 0.0303. The Labute approximate surface area is 180 Å². The largest absolute Gasteiger partial charge is 0.363 e. The van der Waals surface area contributed by atoms with Crippen molar-refractivity contribution in [2.75, 3.05) is 5.32 Å². The number of imidazole rings is 1. The maximum atomic E-state index is 4.58. The average molecular weight is 408 g/mol. The number of nitrogens with zero attached hydrogens (tertiary/aromatic N) is 4. The lowest BCUT2D eigenvalue weighted by molar-refractivity contribution is -0.0579. The fourth-order valence-electron chi connectivity index (χ4n) is 7.01. The molecule has 0 bridgehead atoms. The van der Waals surface area contributed by atoms with E-state index in [1.54, 1.807) is 6.33 Å². The van der Waals surface area contributed by atoms with Crippen molar-refractivity contribution < 1.29 is 0 Å². The van der Waals surface area contributed by atoms with Crippen LogP contribution in [0.15, 0.2) is 24.8 Å². The maximum absolute atomic E-state index is 4.58. The molecule has 30 heavy (non-hydrogen) atoms. The molecule has 0 saturated heterocycles.